The second kappa shape index (κ2) is 8.60. The zero-order chi connectivity index (χ0) is 20.9. The van der Waals surface area contributed by atoms with E-state index in [4.69, 9.17) is 4.52 Å². The third-order valence-corrected chi connectivity index (χ3v) is 4.46. The number of hydrogen-bond donors (Lipinski definition) is 2. The predicted molar refractivity (Wildman–Crippen MR) is 113 cm³/mol. The standard InChI is InChI=1S/C22H22N6O2/c1-15(2)20-26-21(30-27-20)17-8-10-18(11-9-17)25-22(29)23-12-16-13-24-28(14-16)19-6-4-3-5-7-19/h3-11,13-15H,12H2,1-2H3,(H2,23,25,29). The summed E-state index contributed by atoms with van der Waals surface area (Å²) in [4.78, 5) is 16.6. The summed E-state index contributed by atoms with van der Waals surface area (Å²) in [7, 11) is 0. The van der Waals surface area contributed by atoms with Crippen molar-refractivity contribution < 1.29 is 9.32 Å². The summed E-state index contributed by atoms with van der Waals surface area (Å²) in [6.45, 7) is 4.39. The van der Waals surface area contributed by atoms with Crippen molar-refractivity contribution in [1.82, 2.24) is 25.2 Å². The molecule has 8 heteroatoms. The topological polar surface area (TPSA) is 97.9 Å². The quantitative estimate of drug-likeness (QED) is 0.499. The van der Waals surface area contributed by atoms with E-state index < -0.39 is 0 Å². The van der Waals surface area contributed by atoms with Crippen LogP contribution < -0.4 is 10.6 Å². The van der Waals surface area contributed by atoms with Gasteiger partial charge in [0, 0.05) is 35.5 Å². The number of carbonyl (C=O) groups excluding carboxylic acids is 1. The molecule has 30 heavy (non-hydrogen) atoms. The molecule has 2 amide bonds. The van der Waals surface area contributed by atoms with E-state index in [1.165, 1.54) is 0 Å². The Morgan fingerprint density at radius 1 is 1.10 bits per heavy atom. The van der Waals surface area contributed by atoms with Gasteiger partial charge >= 0.3 is 6.03 Å². The normalized spacial score (nSPS) is 10.9. The molecule has 0 unspecified atom stereocenters. The highest BCUT2D eigenvalue weighted by atomic mass is 16.5. The van der Waals surface area contributed by atoms with Gasteiger partial charge in [0.2, 0.25) is 0 Å². The molecule has 2 aromatic carbocycles. The molecule has 4 rings (SSSR count). The van der Waals surface area contributed by atoms with Gasteiger partial charge in [-0.25, -0.2) is 9.48 Å². The van der Waals surface area contributed by atoms with Crippen molar-refractivity contribution in [3.8, 4) is 17.1 Å². The molecule has 0 saturated carbocycles. The number of aromatic nitrogens is 4. The summed E-state index contributed by atoms with van der Waals surface area (Å²) in [5.74, 6) is 1.33. The fraction of sp³-hybridized carbons (Fsp3) is 0.182. The molecule has 152 valence electrons. The molecule has 0 fully saturated rings. The molecule has 0 aliphatic rings. The van der Waals surface area contributed by atoms with Gasteiger partial charge in [0.1, 0.15) is 0 Å². The zero-order valence-corrected chi connectivity index (χ0v) is 16.7. The molecule has 0 aliphatic carbocycles. The van der Waals surface area contributed by atoms with Crippen molar-refractivity contribution in [3.05, 3.63) is 78.4 Å². The number of nitrogens with zero attached hydrogens (tertiary/aromatic N) is 4. The number of amides is 2. The number of anilines is 1. The summed E-state index contributed by atoms with van der Waals surface area (Å²) in [6.07, 6.45) is 3.62. The van der Waals surface area contributed by atoms with Crippen LogP contribution in [-0.2, 0) is 6.54 Å². The molecule has 0 saturated heterocycles. The summed E-state index contributed by atoms with van der Waals surface area (Å²) >= 11 is 0. The first-order chi connectivity index (χ1) is 14.6. The average Bonchev–Trinajstić information content (AvgIpc) is 3.44. The SMILES string of the molecule is CC(C)c1noc(-c2ccc(NC(=O)NCc3cnn(-c4ccccc4)c3)cc2)n1. The van der Waals surface area contributed by atoms with Crippen LogP contribution in [0.4, 0.5) is 10.5 Å². The number of carbonyl (C=O) groups is 1. The first-order valence-electron chi connectivity index (χ1n) is 9.66. The van der Waals surface area contributed by atoms with Crippen molar-refractivity contribution >= 4 is 11.7 Å². The van der Waals surface area contributed by atoms with Crippen molar-refractivity contribution in [1.29, 1.82) is 0 Å². The van der Waals surface area contributed by atoms with Gasteiger partial charge < -0.3 is 15.2 Å². The van der Waals surface area contributed by atoms with Gasteiger partial charge in [-0.2, -0.15) is 10.1 Å². The van der Waals surface area contributed by atoms with Gasteiger partial charge in [0.15, 0.2) is 5.82 Å². The van der Waals surface area contributed by atoms with Gasteiger partial charge in [0.05, 0.1) is 11.9 Å². The van der Waals surface area contributed by atoms with Crippen LogP contribution in [0.3, 0.4) is 0 Å². The van der Waals surface area contributed by atoms with Crippen LogP contribution in [0.15, 0.2) is 71.5 Å². The van der Waals surface area contributed by atoms with Crippen molar-refractivity contribution in [2.75, 3.05) is 5.32 Å². The minimum absolute atomic E-state index is 0.201. The van der Waals surface area contributed by atoms with Crippen LogP contribution in [0.5, 0.6) is 0 Å². The van der Waals surface area contributed by atoms with Crippen LogP contribution >= 0.6 is 0 Å². The van der Waals surface area contributed by atoms with Crippen LogP contribution in [0, 0.1) is 0 Å². The summed E-state index contributed by atoms with van der Waals surface area (Å²) in [5, 5.41) is 13.9. The maximum Gasteiger partial charge on any atom is 0.319 e. The summed E-state index contributed by atoms with van der Waals surface area (Å²) < 4.78 is 7.06. The number of rotatable bonds is 6. The molecule has 8 nitrogen and oxygen atoms in total. The number of para-hydroxylation sites is 1. The fourth-order valence-electron chi connectivity index (χ4n) is 2.81. The highest BCUT2D eigenvalue weighted by Crippen LogP contribution is 2.21. The van der Waals surface area contributed by atoms with Gasteiger partial charge in [-0.3, -0.25) is 0 Å². The molecule has 2 heterocycles. The molecule has 2 N–H and O–H groups in total. The lowest BCUT2D eigenvalue weighted by Gasteiger charge is -2.07. The van der Waals surface area contributed by atoms with E-state index in [-0.39, 0.29) is 11.9 Å². The molecule has 2 aromatic heterocycles. The van der Waals surface area contributed by atoms with Crippen LogP contribution in [0.1, 0.15) is 31.2 Å². The molecule has 4 aromatic rings. The second-order valence-electron chi connectivity index (χ2n) is 7.13. The van der Waals surface area contributed by atoms with Crippen LogP contribution in [-0.4, -0.2) is 26.0 Å². The van der Waals surface area contributed by atoms with E-state index in [0.717, 1.165) is 16.8 Å². The lowest BCUT2D eigenvalue weighted by atomic mass is 10.2. The lowest BCUT2D eigenvalue weighted by molar-refractivity contribution is 0.251. The van der Waals surface area contributed by atoms with E-state index in [9.17, 15) is 4.79 Å². The largest absolute Gasteiger partial charge is 0.334 e. The Morgan fingerprint density at radius 3 is 2.57 bits per heavy atom. The molecule has 0 radical (unpaired) electrons. The van der Waals surface area contributed by atoms with E-state index in [0.29, 0.717) is 23.9 Å². The summed E-state index contributed by atoms with van der Waals surface area (Å²) in [6, 6.07) is 16.8. The molecule has 0 spiro atoms. The van der Waals surface area contributed by atoms with Crippen molar-refractivity contribution in [3.63, 3.8) is 0 Å². The Hall–Kier alpha value is -3.94. The van der Waals surface area contributed by atoms with Crippen LogP contribution in [0.25, 0.3) is 17.1 Å². The first-order valence-corrected chi connectivity index (χ1v) is 9.66. The van der Waals surface area contributed by atoms with Crippen molar-refractivity contribution in [2.24, 2.45) is 0 Å². The maximum atomic E-state index is 12.2. The molecule has 0 aliphatic heterocycles. The van der Waals surface area contributed by atoms with Gasteiger partial charge in [-0.15, -0.1) is 0 Å². The van der Waals surface area contributed by atoms with E-state index in [2.05, 4.69) is 25.9 Å². The number of benzene rings is 2. The van der Waals surface area contributed by atoms with Gasteiger partial charge in [-0.05, 0) is 36.4 Å². The number of hydrogen-bond acceptors (Lipinski definition) is 5. The third kappa shape index (κ3) is 4.54. The number of nitrogens with one attached hydrogen (secondary N) is 2. The molecule has 0 bridgehead atoms. The average molecular weight is 402 g/mol. The highest BCUT2D eigenvalue weighted by Gasteiger charge is 2.11. The van der Waals surface area contributed by atoms with Crippen LogP contribution in [0.2, 0.25) is 0 Å². The van der Waals surface area contributed by atoms with Crippen molar-refractivity contribution in [2.45, 2.75) is 26.3 Å². The smallest absolute Gasteiger partial charge is 0.319 e. The lowest BCUT2D eigenvalue weighted by Crippen LogP contribution is -2.28. The third-order valence-electron chi connectivity index (χ3n) is 4.46. The second-order valence-corrected chi connectivity index (χ2v) is 7.13. The monoisotopic (exact) mass is 402 g/mol. The fourth-order valence-corrected chi connectivity index (χ4v) is 2.81. The number of urea groups is 1. The molecular formula is C22H22N6O2. The zero-order valence-electron chi connectivity index (χ0n) is 16.7. The van der Waals surface area contributed by atoms with E-state index in [1.54, 1.807) is 23.0 Å². The highest BCUT2D eigenvalue weighted by molar-refractivity contribution is 5.89. The Morgan fingerprint density at radius 2 is 1.87 bits per heavy atom. The summed E-state index contributed by atoms with van der Waals surface area (Å²) in [5.41, 5.74) is 3.34. The predicted octanol–water partition coefficient (Wildman–Crippen LogP) is 4.37. The Bertz CT molecular complexity index is 1120. The first kappa shape index (κ1) is 19.4. The minimum atomic E-state index is -0.296. The molecular weight excluding hydrogens is 380 g/mol. The van der Waals surface area contributed by atoms with Gasteiger partial charge in [0.25, 0.3) is 5.89 Å². The van der Waals surface area contributed by atoms with E-state index in [1.807, 2.05) is 62.5 Å². The maximum absolute atomic E-state index is 12.2. The van der Waals surface area contributed by atoms with Gasteiger partial charge in [-0.1, -0.05) is 37.2 Å². The Kier molecular flexibility index (Phi) is 5.56. The molecule has 0 atom stereocenters. The van der Waals surface area contributed by atoms with E-state index >= 15 is 0 Å². The Balaban J connectivity index is 1.31. The minimum Gasteiger partial charge on any atom is -0.334 e. The Labute approximate surface area is 173 Å².